The third-order valence-electron chi connectivity index (χ3n) is 6.65. The molecule has 0 spiro atoms. The molecule has 1 fully saturated rings. The van der Waals surface area contributed by atoms with Gasteiger partial charge in [0.05, 0.1) is 19.0 Å². The summed E-state index contributed by atoms with van der Waals surface area (Å²) >= 11 is 0. The summed E-state index contributed by atoms with van der Waals surface area (Å²) in [6.45, 7) is 6.51. The van der Waals surface area contributed by atoms with Crippen LogP contribution in [0.5, 0.6) is 5.75 Å². The molecule has 0 unspecified atom stereocenters. The lowest BCUT2D eigenvalue weighted by Gasteiger charge is -2.43. The summed E-state index contributed by atoms with van der Waals surface area (Å²) in [5.74, 6) is 4.64. The second-order valence-electron chi connectivity index (χ2n) is 9.86. The third-order valence-corrected chi connectivity index (χ3v) is 6.65. The van der Waals surface area contributed by atoms with Gasteiger partial charge in [-0.05, 0) is 36.0 Å². The lowest BCUT2D eigenvalue weighted by Crippen LogP contribution is -2.55. The minimum Gasteiger partial charge on any atom is -0.495 e. The molecular weight excluding hydrogens is 414 g/mol. The summed E-state index contributed by atoms with van der Waals surface area (Å²) in [4.78, 5) is 26.3. The molecule has 4 rings (SSSR count). The van der Waals surface area contributed by atoms with Crippen LogP contribution in [0.1, 0.15) is 58.4 Å². The Balaban J connectivity index is 1.73. The topological polar surface area (TPSA) is 70.6 Å². The van der Waals surface area contributed by atoms with Gasteiger partial charge in [-0.1, -0.05) is 39.7 Å². The molecule has 1 aliphatic heterocycles. The van der Waals surface area contributed by atoms with Crippen LogP contribution >= 0.6 is 0 Å². The number of carbonyl (C=O) groups excluding carboxylic acids is 1. The molecule has 174 valence electrons. The SMILES string of the molecule is C#CC[C@@H]1C(=O)N(C)c2cnc(Nc3ccc(C(C)(C)C)cc3OC)nc2N1C1CCCC1. The smallest absolute Gasteiger partial charge is 0.250 e. The van der Waals surface area contributed by atoms with Crippen LogP contribution in [0.15, 0.2) is 24.4 Å². The predicted molar refractivity (Wildman–Crippen MR) is 132 cm³/mol. The van der Waals surface area contributed by atoms with Crippen LogP contribution in [0.2, 0.25) is 0 Å². The second kappa shape index (κ2) is 8.93. The molecule has 0 radical (unpaired) electrons. The van der Waals surface area contributed by atoms with E-state index >= 15 is 0 Å². The number of hydrogen-bond acceptors (Lipinski definition) is 6. The number of hydrogen-bond donors (Lipinski definition) is 1. The van der Waals surface area contributed by atoms with Gasteiger partial charge in [0.1, 0.15) is 17.5 Å². The highest BCUT2D eigenvalue weighted by Crippen LogP contribution is 2.40. The number of nitrogens with zero attached hydrogens (tertiary/aromatic N) is 4. The van der Waals surface area contributed by atoms with E-state index in [0.717, 1.165) is 42.9 Å². The van der Waals surface area contributed by atoms with Gasteiger partial charge in [0.2, 0.25) is 5.95 Å². The summed E-state index contributed by atoms with van der Waals surface area (Å²) in [7, 11) is 3.43. The van der Waals surface area contributed by atoms with Crippen molar-refractivity contribution in [1.29, 1.82) is 0 Å². The number of fused-ring (bicyclic) bond motifs is 1. The Kier molecular flexibility index (Phi) is 6.20. The number of anilines is 4. The molecule has 2 aliphatic rings. The number of benzene rings is 1. The molecule has 33 heavy (non-hydrogen) atoms. The number of carbonyl (C=O) groups is 1. The zero-order chi connectivity index (χ0) is 23.8. The van der Waals surface area contributed by atoms with Crippen molar-refractivity contribution in [3.8, 4) is 18.1 Å². The van der Waals surface area contributed by atoms with E-state index in [1.54, 1.807) is 25.3 Å². The molecule has 7 heteroatoms. The first-order chi connectivity index (χ1) is 15.7. The molecule has 1 amide bonds. The monoisotopic (exact) mass is 447 g/mol. The lowest BCUT2D eigenvalue weighted by molar-refractivity contribution is -0.120. The van der Waals surface area contributed by atoms with Crippen molar-refractivity contribution in [2.75, 3.05) is 29.3 Å². The number of aromatic nitrogens is 2. The fourth-order valence-electron chi connectivity index (χ4n) is 4.75. The molecule has 2 heterocycles. The highest BCUT2D eigenvalue weighted by molar-refractivity contribution is 6.04. The first kappa shape index (κ1) is 22.9. The number of ether oxygens (including phenoxy) is 1. The van der Waals surface area contributed by atoms with Crippen LogP contribution in [0.25, 0.3) is 0 Å². The number of methoxy groups -OCH3 is 1. The highest BCUT2D eigenvalue weighted by atomic mass is 16.5. The fourth-order valence-corrected chi connectivity index (χ4v) is 4.75. The van der Waals surface area contributed by atoms with E-state index in [9.17, 15) is 4.79 Å². The van der Waals surface area contributed by atoms with Crippen molar-refractivity contribution in [2.45, 2.75) is 70.4 Å². The molecule has 1 atom stereocenters. The summed E-state index contributed by atoms with van der Waals surface area (Å²) in [6, 6.07) is 5.97. The molecule has 7 nitrogen and oxygen atoms in total. The maximum absolute atomic E-state index is 13.1. The standard InChI is InChI=1S/C26H33N5O2/c1-7-10-20-24(32)30(5)21-16-27-25(29-23(21)31(20)18-11-8-9-12-18)28-19-14-13-17(26(2,3)4)15-22(19)33-6/h1,13-16,18,20H,8-12H2,2-6H3,(H,27,28,29)/t20-/m1/s1. The molecule has 1 saturated carbocycles. The molecule has 0 saturated heterocycles. The van der Waals surface area contributed by atoms with E-state index in [-0.39, 0.29) is 17.4 Å². The first-order valence-corrected chi connectivity index (χ1v) is 11.6. The van der Waals surface area contributed by atoms with E-state index in [1.807, 2.05) is 12.1 Å². The van der Waals surface area contributed by atoms with Crippen molar-refractivity contribution in [1.82, 2.24) is 9.97 Å². The van der Waals surface area contributed by atoms with Gasteiger partial charge in [-0.2, -0.15) is 4.98 Å². The van der Waals surface area contributed by atoms with E-state index in [4.69, 9.17) is 16.1 Å². The van der Waals surface area contributed by atoms with Gasteiger partial charge in [-0.15, -0.1) is 12.3 Å². The minimum atomic E-state index is -0.404. The van der Waals surface area contributed by atoms with Crippen molar-refractivity contribution >= 4 is 29.0 Å². The van der Waals surface area contributed by atoms with Crippen molar-refractivity contribution in [2.24, 2.45) is 0 Å². The molecule has 0 bridgehead atoms. The molecule has 1 N–H and O–H groups in total. The number of terminal acetylenes is 1. The average molecular weight is 448 g/mol. The van der Waals surface area contributed by atoms with Gasteiger partial charge in [0.15, 0.2) is 5.82 Å². The van der Waals surface area contributed by atoms with E-state index in [2.05, 4.69) is 48.0 Å². The van der Waals surface area contributed by atoms with E-state index in [0.29, 0.717) is 18.1 Å². The maximum Gasteiger partial charge on any atom is 0.250 e. The van der Waals surface area contributed by atoms with Gasteiger partial charge in [-0.3, -0.25) is 4.79 Å². The molecule has 2 aromatic rings. The van der Waals surface area contributed by atoms with Crippen LogP contribution in [0.4, 0.5) is 23.1 Å². The lowest BCUT2D eigenvalue weighted by atomic mass is 9.87. The molecule has 1 aliphatic carbocycles. The third kappa shape index (κ3) is 4.35. The normalized spacial score (nSPS) is 18.8. The minimum absolute atomic E-state index is 0.00361. The number of likely N-dealkylation sites (N-methyl/N-ethyl adjacent to an activating group) is 1. The Morgan fingerprint density at radius 2 is 2.00 bits per heavy atom. The Bertz CT molecular complexity index is 1080. The Morgan fingerprint density at radius 1 is 1.27 bits per heavy atom. The molecule has 1 aromatic carbocycles. The highest BCUT2D eigenvalue weighted by Gasteiger charge is 2.41. The number of rotatable bonds is 5. The van der Waals surface area contributed by atoms with E-state index < -0.39 is 6.04 Å². The Hall–Kier alpha value is -3.27. The molecule has 1 aromatic heterocycles. The zero-order valence-electron chi connectivity index (χ0n) is 20.2. The Labute approximate surface area is 196 Å². The van der Waals surface area contributed by atoms with Gasteiger partial charge < -0.3 is 19.9 Å². The summed E-state index contributed by atoms with van der Waals surface area (Å²) in [5.41, 5.74) is 2.69. The van der Waals surface area contributed by atoms with Crippen molar-refractivity contribution in [3.05, 3.63) is 30.0 Å². The van der Waals surface area contributed by atoms with Crippen LogP contribution in [-0.4, -0.2) is 42.1 Å². The van der Waals surface area contributed by atoms with Crippen molar-refractivity contribution in [3.63, 3.8) is 0 Å². The summed E-state index contributed by atoms with van der Waals surface area (Å²) < 4.78 is 5.65. The van der Waals surface area contributed by atoms with Gasteiger partial charge in [0, 0.05) is 19.5 Å². The van der Waals surface area contributed by atoms with Crippen LogP contribution < -0.4 is 19.9 Å². The summed E-state index contributed by atoms with van der Waals surface area (Å²) in [5, 5.41) is 3.32. The van der Waals surface area contributed by atoms with Gasteiger partial charge in [-0.25, -0.2) is 4.98 Å². The molecular formula is C26H33N5O2. The van der Waals surface area contributed by atoms with Gasteiger partial charge in [0.25, 0.3) is 5.91 Å². The van der Waals surface area contributed by atoms with Gasteiger partial charge >= 0.3 is 0 Å². The van der Waals surface area contributed by atoms with Crippen LogP contribution in [0, 0.1) is 12.3 Å². The number of amides is 1. The predicted octanol–water partition coefficient (Wildman–Crippen LogP) is 4.64. The quantitative estimate of drug-likeness (QED) is 0.673. The first-order valence-electron chi connectivity index (χ1n) is 11.6. The summed E-state index contributed by atoms with van der Waals surface area (Å²) in [6.07, 6.45) is 12.1. The van der Waals surface area contributed by atoms with Crippen LogP contribution in [0.3, 0.4) is 0 Å². The average Bonchev–Trinajstić information content (AvgIpc) is 3.31. The largest absolute Gasteiger partial charge is 0.495 e. The number of nitrogens with one attached hydrogen (secondary N) is 1. The van der Waals surface area contributed by atoms with E-state index in [1.165, 1.54) is 5.56 Å². The van der Waals surface area contributed by atoms with Crippen LogP contribution in [-0.2, 0) is 10.2 Å². The zero-order valence-corrected chi connectivity index (χ0v) is 20.2. The van der Waals surface area contributed by atoms with Crippen molar-refractivity contribution < 1.29 is 9.53 Å². The maximum atomic E-state index is 13.1. The Morgan fingerprint density at radius 3 is 2.64 bits per heavy atom. The second-order valence-corrected chi connectivity index (χ2v) is 9.86. The fraction of sp³-hybridized carbons (Fsp3) is 0.500.